The van der Waals surface area contributed by atoms with Crippen molar-refractivity contribution in [3.63, 3.8) is 0 Å². The van der Waals surface area contributed by atoms with Gasteiger partial charge in [0.15, 0.2) is 0 Å². The first-order valence-corrected chi connectivity index (χ1v) is 6.89. The van der Waals surface area contributed by atoms with Crippen LogP contribution >= 0.6 is 0 Å². The van der Waals surface area contributed by atoms with E-state index in [4.69, 9.17) is 0 Å². The highest BCUT2D eigenvalue weighted by atomic mass is 16.1. The summed E-state index contributed by atoms with van der Waals surface area (Å²) < 4.78 is 1.98. The minimum atomic E-state index is 0.0258. The summed E-state index contributed by atoms with van der Waals surface area (Å²) in [5.41, 5.74) is 0.930. The van der Waals surface area contributed by atoms with Crippen LogP contribution in [-0.2, 0) is 18.3 Å². The Morgan fingerprint density at radius 3 is 2.95 bits per heavy atom. The van der Waals surface area contributed by atoms with E-state index in [2.05, 4.69) is 15.3 Å². The third-order valence-corrected chi connectivity index (χ3v) is 3.63. The molecule has 104 valence electrons. The standard InChI is InChI=1S/C15H18N4O/c1-19-8-7-17-15(19)14(12-4-5-12)18-13(20)9-11-3-2-6-16-10-11/h2-3,6-8,10,12,14H,4-5,9H2,1H3,(H,18,20)/t14-/m1/s1. The number of imidazole rings is 1. The summed E-state index contributed by atoms with van der Waals surface area (Å²) in [5.74, 6) is 1.49. The maximum Gasteiger partial charge on any atom is 0.225 e. The molecular formula is C15H18N4O. The summed E-state index contributed by atoms with van der Waals surface area (Å²) in [5, 5.41) is 3.12. The van der Waals surface area contributed by atoms with Crippen LogP contribution in [0.1, 0.15) is 30.3 Å². The van der Waals surface area contributed by atoms with Crippen molar-refractivity contribution in [2.45, 2.75) is 25.3 Å². The van der Waals surface area contributed by atoms with E-state index in [1.54, 1.807) is 18.6 Å². The second-order valence-corrected chi connectivity index (χ2v) is 5.32. The fraction of sp³-hybridized carbons (Fsp3) is 0.400. The third-order valence-electron chi connectivity index (χ3n) is 3.63. The van der Waals surface area contributed by atoms with Gasteiger partial charge in [0.1, 0.15) is 5.82 Å². The Labute approximate surface area is 118 Å². The molecule has 2 heterocycles. The Hall–Kier alpha value is -2.17. The van der Waals surface area contributed by atoms with Crippen molar-refractivity contribution in [3.05, 3.63) is 48.3 Å². The third kappa shape index (κ3) is 2.87. The van der Waals surface area contributed by atoms with Crippen molar-refractivity contribution < 1.29 is 4.79 Å². The van der Waals surface area contributed by atoms with E-state index >= 15 is 0 Å². The van der Waals surface area contributed by atoms with Gasteiger partial charge in [-0.2, -0.15) is 0 Å². The minimum Gasteiger partial charge on any atom is -0.346 e. The lowest BCUT2D eigenvalue weighted by atomic mass is 10.1. The van der Waals surface area contributed by atoms with Gasteiger partial charge in [0.2, 0.25) is 5.91 Å². The summed E-state index contributed by atoms with van der Waals surface area (Å²) in [6.07, 6.45) is 9.81. The molecule has 1 aliphatic carbocycles. The average Bonchev–Trinajstić information content (AvgIpc) is 3.20. The van der Waals surface area contributed by atoms with Gasteiger partial charge in [-0.1, -0.05) is 6.07 Å². The molecule has 1 aliphatic rings. The molecular weight excluding hydrogens is 252 g/mol. The molecule has 1 saturated carbocycles. The molecule has 1 atom stereocenters. The van der Waals surface area contributed by atoms with Crippen molar-refractivity contribution in [2.75, 3.05) is 0 Å². The van der Waals surface area contributed by atoms with E-state index < -0.39 is 0 Å². The predicted molar refractivity (Wildman–Crippen MR) is 74.8 cm³/mol. The number of pyridine rings is 1. The smallest absolute Gasteiger partial charge is 0.225 e. The number of carbonyl (C=O) groups excluding carboxylic acids is 1. The number of rotatable bonds is 5. The Balaban J connectivity index is 1.68. The minimum absolute atomic E-state index is 0.0258. The monoisotopic (exact) mass is 270 g/mol. The Morgan fingerprint density at radius 1 is 1.50 bits per heavy atom. The van der Waals surface area contributed by atoms with Crippen molar-refractivity contribution in [2.24, 2.45) is 13.0 Å². The van der Waals surface area contributed by atoms with E-state index in [-0.39, 0.29) is 11.9 Å². The van der Waals surface area contributed by atoms with Gasteiger partial charge in [-0.05, 0) is 30.4 Å². The lowest BCUT2D eigenvalue weighted by Crippen LogP contribution is -2.32. The van der Waals surface area contributed by atoms with Gasteiger partial charge >= 0.3 is 0 Å². The average molecular weight is 270 g/mol. The molecule has 0 aliphatic heterocycles. The van der Waals surface area contributed by atoms with E-state index in [1.165, 1.54) is 0 Å². The molecule has 3 rings (SSSR count). The molecule has 1 N–H and O–H groups in total. The van der Waals surface area contributed by atoms with Crippen molar-refractivity contribution >= 4 is 5.91 Å². The zero-order chi connectivity index (χ0) is 13.9. The van der Waals surface area contributed by atoms with Gasteiger partial charge in [-0.25, -0.2) is 4.98 Å². The first-order chi connectivity index (χ1) is 9.74. The first-order valence-electron chi connectivity index (χ1n) is 6.89. The molecule has 0 spiro atoms. The Kier molecular flexibility index (Phi) is 3.50. The number of hydrogen-bond donors (Lipinski definition) is 1. The number of nitrogens with zero attached hydrogens (tertiary/aromatic N) is 3. The van der Waals surface area contributed by atoms with Crippen LogP contribution in [0.4, 0.5) is 0 Å². The first kappa shape index (κ1) is 12.8. The molecule has 5 nitrogen and oxygen atoms in total. The lowest BCUT2D eigenvalue weighted by Gasteiger charge is -2.18. The number of aromatic nitrogens is 3. The van der Waals surface area contributed by atoms with Crippen LogP contribution in [0.25, 0.3) is 0 Å². The van der Waals surface area contributed by atoms with E-state index in [9.17, 15) is 4.79 Å². The maximum absolute atomic E-state index is 12.2. The highest BCUT2D eigenvalue weighted by Crippen LogP contribution is 2.40. The molecule has 1 amide bonds. The van der Waals surface area contributed by atoms with Crippen LogP contribution in [0.15, 0.2) is 36.9 Å². The van der Waals surface area contributed by atoms with Crippen molar-refractivity contribution in [1.29, 1.82) is 0 Å². The molecule has 5 heteroatoms. The Morgan fingerprint density at radius 2 is 2.35 bits per heavy atom. The van der Waals surface area contributed by atoms with Crippen molar-refractivity contribution in [1.82, 2.24) is 19.9 Å². The van der Waals surface area contributed by atoms with Crippen LogP contribution in [-0.4, -0.2) is 20.4 Å². The molecule has 0 bridgehead atoms. The highest BCUT2D eigenvalue weighted by molar-refractivity contribution is 5.78. The van der Waals surface area contributed by atoms with Crippen LogP contribution in [0.2, 0.25) is 0 Å². The van der Waals surface area contributed by atoms with Crippen LogP contribution in [0.5, 0.6) is 0 Å². The molecule has 0 aromatic carbocycles. The van der Waals surface area contributed by atoms with Gasteiger partial charge in [0, 0.05) is 31.8 Å². The van der Waals surface area contributed by atoms with Gasteiger partial charge < -0.3 is 9.88 Å². The number of nitrogens with one attached hydrogen (secondary N) is 1. The molecule has 20 heavy (non-hydrogen) atoms. The maximum atomic E-state index is 12.2. The van der Waals surface area contributed by atoms with Crippen LogP contribution in [0.3, 0.4) is 0 Å². The van der Waals surface area contributed by atoms with Crippen molar-refractivity contribution in [3.8, 4) is 0 Å². The zero-order valence-electron chi connectivity index (χ0n) is 11.5. The largest absolute Gasteiger partial charge is 0.346 e. The molecule has 2 aromatic rings. The molecule has 0 radical (unpaired) electrons. The molecule has 0 saturated heterocycles. The van der Waals surface area contributed by atoms with Gasteiger partial charge in [-0.3, -0.25) is 9.78 Å². The van der Waals surface area contributed by atoms with Gasteiger partial charge in [0.25, 0.3) is 0 Å². The number of amides is 1. The Bertz CT molecular complexity index is 589. The second-order valence-electron chi connectivity index (χ2n) is 5.32. The summed E-state index contributed by atoms with van der Waals surface area (Å²) in [4.78, 5) is 20.6. The van der Waals surface area contributed by atoms with E-state index in [1.807, 2.05) is 29.9 Å². The molecule has 1 fully saturated rings. The van der Waals surface area contributed by atoms with E-state index in [0.29, 0.717) is 12.3 Å². The lowest BCUT2D eigenvalue weighted by molar-refractivity contribution is -0.121. The normalized spacial score (nSPS) is 15.8. The summed E-state index contributed by atoms with van der Waals surface area (Å²) in [7, 11) is 1.96. The number of carbonyl (C=O) groups is 1. The van der Waals surface area contributed by atoms with Gasteiger partial charge in [-0.15, -0.1) is 0 Å². The van der Waals surface area contributed by atoms with Crippen LogP contribution in [0, 0.1) is 5.92 Å². The quantitative estimate of drug-likeness (QED) is 0.898. The summed E-state index contributed by atoms with van der Waals surface area (Å²) >= 11 is 0. The fourth-order valence-electron chi connectivity index (χ4n) is 2.41. The fourth-order valence-corrected chi connectivity index (χ4v) is 2.41. The SMILES string of the molecule is Cn1ccnc1[C@H](NC(=O)Cc1cccnc1)C1CC1. The summed E-state index contributed by atoms with van der Waals surface area (Å²) in [6, 6.07) is 3.79. The van der Waals surface area contributed by atoms with Crippen LogP contribution < -0.4 is 5.32 Å². The molecule has 2 aromatic heterocycles. The highest BCUT2D eigenvalue weighted by Gasteiger charge is 2.35. The number of aryl methyl sites for hydroxylation is 1. The summed E-state index contributed by atoms with van der Waals surface area (Å²) in [6.45, 7) is 0. The van der Waals surface area contributed by atoms with Gasteiger partial charge in [0.05, 0.1) is 12.5 Å². The zero-order valence-corrected chi connectivity index (χ0v) is 11.5. The predicted octanol–water partition coefficient (Wildman–Crippen LogP) is 1.63. The number of hydrogen-bond acceptors (Lipinski definition) is 3. The molecule has 0 unspecified atom stereocenters. The van der Waals surface area contributed by atoms with E-state index in [0.717, 1.165) is 24.2 Å². The second kappa shape index (κ2) is 5.45. The topological polar surface area (TPSA) is 59.8 Å².